The lowest BCUT2D eigenvalue weighted by molar-refractivity contribution is -0.137. The van der Waals surface area contributed by atoms with Crippen molar-refractivity contribution in [2.24, 2.45) is 5.92 Å². The fourth-order valence-electron chi connectivity index (χ4n) is 2.47. The molecule has 1 aliphatic heterocycles. The summed E-state index contributed by atoms with van der Waals surface area (Å²) in [5, 5.41) is 0.602. The summed E-state index contributed by atoms with van der Waals surface area (Å²) in [6, 6.07) is 7.10. The highest BCUT2D eigenvalue weighted by molar-refractivity contribution is 6.30. The van der Waals surface area contributed by atoms with Gasteiger partial charge in [0.05, 0.1) is 0 Å². The average Bonchev–Trinajstić information content (AvgIpc) is 2.87. The van der Waals surface area contributed by atoms with Crippen LogP contribution in [-0.4, -0.2) is 35.9 Å². The second-order valence-corrected chi connectivity index (χ2v) is 5.95. The predicted molar refractivity (Wildman–Crippen MR) is 81.6 cm³/mol. The minimum absolute atomic E-state index is 0.0297. The molecule has 1 amide bonds. The van der Waals surface area contributed by atoms with E-state index < -0.39 is 6.10 Å². The Hall–Kier alpha value is -0.930. The Morgan fingerprint density at radius 3 is 3.05 bits per heavy atom. The van der Waals surface area contributed by atoms with Gasteiger partial charge in [-0.05, 0) is 43.9 Å². The number of rotatable bonds is 5. The van der Waals surface area contributed by atoms with Gasteiger partial charge < -0.3 is 9.64 Å². The highest BCUT2D eigenvalue weighted by Gasteiger charge is 2.29. The number of carbonyl (C=O) groups is 1. The number of nitrogens with zero attached hydrogens (tertiary/aromatic N) is 1. The first-order valence-electron chi connectivity index (χ1n) is 6.87. The van der Waals surface area contributed by atoms with Crippen LogP contribution in [0.15, 0.2) is 24.3 Å². The third-order valence-corrected chi connectivity index (χ3v) is 4.02. The number of carbonyl (C=O) groups excluding carboxylic acids is 1. The molecule has 5 heteroatoms. The second-order valence-electron chi connectivity index (χ2n) is 5.13. The molecule has 1 aromatic rings. The minimum Gasteiger partial charge on any atom is -0.481 e. The van der Waals surface area contributed by atoms with Crippen molar-refractivity contribution in [2.75, 3.05) is 19.0 Å². The van der Waals surface area contributed by atoms with Crippen molar-refractivity contribution < 1.29 is 9.53 Å². The normalized spacial score (nSPS) is 19.9. The third-order valence-electron chi connectivity index (χ3n) is 3.57. The Labute approximate surface area is 129 Å². The highest BCUT2D eigenvalue weighted by Crippen LogP contribution is 2.22. The van der Waals surface area contributed by atoms with Crippen LogP contribution in [-0.2, 0) is 4.79 Å². The summed E-state index contributed by atoms with van der Waals surface area (Å²) in [6.45, 7) is 3.36. The van der Waals surface area contributed by atoms with Crippen LogP contribution in [0.4, 0.5) is 0 Å². The lowest BCUT2D eigenvalue weighted by Gasteiger charge is -2.22. The van der Waals surface area contributed by atoms with E-state index in [0.717, 1.165) is 25.9 Å². The molecule has 0 aromatic heterocycles. The quantitative estimate of drug-likeness (QED) is 0.777. The minimum atomic E-state index is -0.497. The van der Waals surface area contributed by atoms with E-state index in [9.17, 15) is 4.79 Å². The standard InChI is InChI=1S/C15H19Cl2NO2/c1-11(20-14-4-2-3-13(17)9-14)15(19)18-8-6-12(10-18)5-7-16/h2-4,9,11-12H,5-8,10H2,1H3. The first-order valence-corrected chi connectivity index (χ1v) is 7.78. The molecular weight excluding hydrogens is 297 g/mol. The van der Waals surface area contributed by atoms with Gasteiger partial charge >= 0.3 is 0 Å². The summed E-state index contributed by atoms with van der Waals surface area (Å²) < 4.78 is 5.66. The van der Waals surface area contributed by atoms with Gasteiger partial charge in [0.25, 0.3) is 5.91 Å². The zero-order valence-corrected chi connectivity index (χ0v) is 13.0. The van der Waals surface area contributed by atoms with Crippen molar-refractivity contribution in [1.29, 1.82) is 0 Å². The van der Waals surface area contributed by atoms with Crippen molar-refractivity contribution in [2.45, 2.75) is 25.9 Å². The molecule has 0 saturated carbocycles. The van der Waals surface area contributed by atoms with Crippen LogP contribution in [0.1, 0.15) is 19.8 Å². The first kappa shape index (κ1) is 15.5. The van der Waals surface area contributed by atoms with Crippen LogP contribution in [0.5, 0.6) is 5.75 Å². The van der Waals surface area contributed by atoms with Crippen molar-refractivity contribution in [3.8, 4) is 5.75 Å². The molecule has 0 spiro atoms. The van der Waals surface area contributed by atoms with E-state index in [1.165, 1.54) is 0 Å². The van der Waals surface area contributed by atoms with Crippen LogP contribution < -0.4 is 4.74 Å². The maximum atomic E-state index is 12.3. The van der Waals surface area contributed by atoms with Crippen LogP contribution in [0, 0.1) is 5.92 Å². The van der Waals surface area contributed by atoms with Gasteiger partial charge in [0.15, 0.2) is 6.10 Å². The monoisotopic (exact) mass is 315 g/mol. The fourth-order valence-corrected chi connectivity index (χ4v) is 2.96. The lowest BCUT2D eigenvalue weighted by Crippen LogP contribution is -2.39. The largest absolute Gasteiger partial charge is 0.481 e. The maximum absolute atomic E-state index is 12.3. The third kappa shape index (κ3) is 4.03. The molecule has 20 heavy (non-hydrogen) atoms. The maximum Gasteiger partial charge on any atom is 0.263 e. The van der Waals surface area contributed by atoms with Crippen LogP contribution >= 0.6 is 23.2 Å². The molecule has 1 aliphatic rings. The van der Waals surface area contributed by atoms with Gasteiger partial charge in [-0.3, -0.25) is 4.79 Å². The van der Waals surface area contributed by atoms with E-state index in [-0.39, 0.29) is 5.91 Å². The Kier molecular flexibility index (Phi) is 5.55. The van der Waals surface area contributed by atoms with Gasteiger partial charge in [-0.2, -0.15) is 0 Å². The fraction of sp³-hybridized carbons (Fsp3) is 0.533. The number of halogens is 2. The van der Waals surface area contributed by atoms with Crippen LogP contribution in [0.25, 0.3) is 0 Å². The van der Waals surface area contributed by atoms with Gasteiger partial charge in [0, 0.05) is 24.0 Å². The number of ether oxygens (including phenoxy) is 1. The highest BCUT2D eigenvalue weighted by atomic mass is 35.5. The molecule has 0 aliphatic carbocycles. The van der Waals surface area contributed by atoms with Gasteiger partial charge in [0.2, 0.25) is 0 Å². The molecular formula is C15H19Cl2NO2. The van der Waals surface area contributed by atoms with Gasteiger partial charge in [-0.15, -0.1) is 11.6 Å². The van der Waals surface area contributed by atoms with Crippen LogP contribution in [0.2, 0.25) is 5.02 Å². The Balaban J connectivity index is 1.89. The summed E-state index contributed by atoms with van der Waals surface area (Å²) in [6.07, 6.45) is 1.50. The molecule has 1 aromatic carbocycles. The molecule has 1 fully saturated rings. The van der Waals surface area contributed by atoms with E-state index in [4.69, 9.17) is 27.9 Å². The number of hydrogen-bond donors (Lipinski definition) is 0. The molecule has 1 saturated heterocycles. The molecule has 3 nitrogen and oxygen atoms in total. The number of hydrogen-bond acceptors (Lipinski definition) is 2. The molecule has 0 radical (unpaired) electrons. The van der Waals surface area contributed by atoms with Crippen molar-refractivity contribution in [3.05, 3.63) is 29.3 Å². The van der Waals surface area contributed by atoms with E-state index in [0.29, 0.717) is 22.6 Å². The molecule has 0 bridgehead atoms. The van der Waals surface area contributed by atoms with Crippen molar-refractivity contribution in [3.63, 3.8) is 0 Å². The summed E-state index contributed by atoms with van der Waals surface area (Å²) in [5.41, 5.74) is 0. The molecule has 110 valence electrons. The predicted octanol–water partition coefficient (Wildman–Crippen LogP) is 3.58. The molecule has 2 rings (SSSR count). The van der Waals surface area contributed by atoms with E-state index in [1.807, 2.05) is 4.90 Å². The van der Waals surface area contributed by atoms with Gasteiger partial charge in [0.1, 0.15) is 5.75 Å². The zero-order chi connectivity index (χ0) is 14.5. The molecule has 0 N–H and O–H groups in total. The van der Waals surface area contributed by atoms with Gasteiger partial charge in [-0.25, -0.2) is 0 Å². The van der Waals surface area contributed by atoms with E-state index in [2.05, 4.69) is 0 Å². The number of alkyl halides is 1. The van der Waals surface area contributed by atoms with Crippen LogP contribution in [0.3, 0.4) is 0 Å². The van der Waals surface area contributed by atoms with E-state index in [1.54, 1.807) is 31.2 Å². The topological polar surface area (TPSA) is 29.5 Å². The first-order chi connectivity index (χ1) is 9.60. The summed E-state index contributed by atoms with van der Waals surface area (Å²) in [4.78, 5) is 14.2. The smallest absolute Gasteiger partial charge is 0.263 e. The second kappa shape index (κ2) is 7.19. The molecule has 2 atom stereocenters. The summed E-state index contributed by atoms with van der Waals surface area (Å²) in [7, 11) is 0. The molecule has 2 unspecified atom stereocenters. The Morgan fingerprint density at radius 2 is 2.35 bits per heavy atom. The van der Waals surface area contributed by atoms with Crippen molar-refractivity contribution >= 4 is 29.1 Å². The number of amides is 1. The van der Waals surface area contributed by atoms with Crippen molar-refractivity contribution in [1.82, 2.24) is 4.90 Å². The summed E-state index contributed by atoms with van der Waals surface area (Å²) in [5.74, 6) is 1.83. The lowest BCUT2D eigenvalue weighted by atomic mass is 10.1. The van der Waals surface area contributed by atoms with E-state index >= 15 is 0 Å². The Bertz CT molecular complexity index is 467. The van der Waals surface area contributed by atoms with Gasteiger partial charge in [-0.1, -0.05) is 17.7 Å². The summed E-state index contributed by atoms with van der Waals surface area (Å²) >= 11 is 11.7. The zero-order valence-electron chi connectivity index (χ0n) is 11.5. The SMILES string of the molecule is CC(Oc1cccc(Cl)c1)C(=O)N1CCC(CCCl)C1. The Morgan fingerprint density at radius 1 is 1.55 bits per heavy atom. The number of likely N-dealkylation sites (tertiary alicyclic amines) is 1. The number of benzene rings is 1. The average molecular weight is 316 g/mol. The molecule has 1 heterocycles.